The highest BCUT2D eigenvalue weighted by molar-refractivity contribution is 7.92. The van der Waals surface area contributed by atoms with Crippen LogP contribution >= 0.6 is 0 Å². The van der Waals surface area contributed by atoms with E-state index in [4.69, 9.17) is 9.47 Å². The third-order valence-corrected chi connectivity index (χ3v) is 8.18. The molecule has 1 saturated heterocycles. The van der Waals surface area contributed by atoms with Crippen LogP contribution in [0.5, 0.6) is 0 Å². The van der Waals surface area contributed by atoms with Crippen LogP contribution < -0.4 is 10.6 Å². The molecule has 1 aliphatic heterocycles. The van der Waals surface area contributed by atoms with Crippen molar-refractivity contribution in [3.05, 3.63) is 70.3 Å². The molecule has 1 amide bonds. The molecular weight excluding hydrogens is 486 g/mol. The van der Waals surface area contributed by atoms with E-state index >= 15 is 0 Å². The number of benzene rings is 2. The predicted molar refractivity (Wildman–Crippen MR) is 134 cm³/mol. The van der Waals surface area contributed by atoms with Crippen LogP contribution in [0.2, 0.25) is 0 Å². The Kier molecular flexibility index (Phi) is 9.41. The number of non-ortho nitro benzene ring substituents is 1. The van der Waals surface area contributed by atoms with Crippen molar-refractivity contribution in [3.63, 3.8) is 0 Å². The third-order valence-electron chi connectivity index (χ3n) is 5.92. The number of alkyl carbamates (subject to hydrolysis) is 1. The van der Waals surface area contributed by atoms with Crippen LogP contribution in [0.3, 0.4) is 0 Å². The van der Waals surface area contributed by atoms with Gasteiger partial charge in [-0.05, 0) is 42.9 Å². The summed E-state index contributed by atoms with van der Waals surface area (Å²) in [6, 6.07) is 14.3. The first-order valence-corrected chi connectivity index (χ1v) is 13.5. The molecule has 0 aromatic heterocycles. The van der Waals surface area contributed by atoms with E-state index < -0.39 is 32.0 Å². The van der Waals surface area contributed by atoms with Gasteiger partial charge in [0.2, 0.25) is 14.8 Å². The van der Waals surface area contributed by atoms with Gasteiger partial charge in [-0.1, -0.05) is 44.2 Å². The summed E-state index contributed by atoms with van der Waals surface area (Å²) in [5, 5.41) is 16.8. The van der Waals surface area contributed by atoms with Gasteiger partial charge in [0.25, 0.3) is 5.69 Å². The van der Waals surface area contributed by atoms with E-state index in [1.807, 2.05) is 44.2 Å². The van der Waals surface area contributed by atoms with Gasteiger partial charge in [-0.15, -0.1) is 0 Å². The summed E-state index contributed by atoms with van der Waals surface area (Å²) in [6.45, 7) is 4.86. The van der Waals surface area contributed by atoms with Crippen molar-refractivity contribution in [2.75, 3.05) is 19.8 Å². The fourth-order valence-corrected chi connectivity index (χ4v) is 5.75. The zero-order valence-electron chi connectivity index (χ0n) is 20.5. The number of nitrogens with one attached hydrogen (secondary N) is 2. The van der Waals surface area contributed by atoms with E-state index in [0.29, 0.717) is 32.4 Å². The number of nitro groups is 1. The van der Waals surface area contributed by atoms with E-state index in [0.717, 1.165) is 17.7 Å². The van der Waals surface area contributed by atoms with Crippen LogP contribution in [0.25, 0.3) is 0 Å². The summed E-state index contributed by atoms with van der Waals surface area (Å²) in [5.41, 5.74) is 0.807. The molecule has 0 radical (unpaired) electrons. The summed E-state index contributed by atoms with van der Waals surface area (Å²) in [6.07, 6.45) is 0.280. The Hall–Kier alpha value is -3.02. The van der Waals surface area contributed by atoms with Crippen molar-refractivity contribution in [1.82, 2.24) is 10.6 Å². The van der Waals surface area contributed by atoms with Crippen LogP contribution in [0.15, 0.2) is 59.5 Å². The van der Waals surface area contributed by atoms with Gasteiger partial charge in [-0.2, -0.15) is 0 Å². The van der Waals surface area contributed by atoms with Crippen LogP contribution in [-0.2, 0) is 25.7 Å². The molecule has 0 saturated carbocycles. The predicted octanol–water partition coefficient (Wildman–Crippen LogP) is 3.81. The molecule has 2 aromatic rings. The normalized spacial score (nSPS) is 17.5. The highest BCUT2D eigenvalue weighted by Crippen LogP contribution is 2.29. The summed E-state index contributed by atoms with van der Waals surface area (Å²) >= 11 is 0. The van der Waals surface area contributed by atoms with Crippen molar-refractivity contribution in [1.29, 1.82) is 0 Å². The Morgan fingerprint density at radius 1 is 1.19 bits per heavy atom. The first-order chi connectivity index (χ1) is 17.1. The van der Waals surface area contributed by atoms with E-state index in [2.05, 4.69) is 10.6 Å². The molecule has 1 heterocycles. The van der Waals surface area contributed by atoms with Gasteiger partial charge >= 0.3 is 6.09 Å². The maximum Gasteiger partial charge on any atom is 0.409 e. The van der Waals surface area contributed by atoms with Gasteiger partial charge in [0.05, 0.1) is 23.0 Å². The number of sulfone groups is 1. The molecule has 0 aliphatic carbocycles. The molecule has 1 unspecified atom stereocenters. The first kappa shape index (κ1) is 27.6. The molecule has 36 heavy (non-hydrogen) atoms. The SMILES string of the molecule is CC(C)CNC(CCCc1ccccc1)(NC(=O)O[C@H]1CCOC1)S(=O)(=O)c1ccc([N+](=O)[O-])cc1. The van der Waals surface area contributed by atoms with E-state index in [1.54, 1.807) is 0 Å². The molecule has 0 spiro atoms. The van der Waals surface area contributed by atoms with Crippen LogP contribution in [0.4, 0.5) is 10.5 Å². The number of nitro benzene ring substituents is 1. The minimum absolute atomic E-state index is 0.0458. The van der Waals surface area contributed by atoms with Gasteiger partial charge in [-0.3, -0.25) is 20.7 Å². The van der Waals surface area contributed by atoms with Crippen molar-refractivity contribution < 1.29 is 27.6 Å². The minimum Gasteiger partial charge on any atom is -0.444 e. The van der Waals surface area contributed by atoms with Gasteiger partial charge in [0.1, 0.15) is 6.10 Å². The molecule has 11 heteroatoms. The van der Waals surface area contributed by atoms with Crippen LogP contribution in [0, 0.1) is 16.0 Å². The van der Waals surface area contributed by atoms with E-state index in [9.17, 15) is 23.3 Å². The number of hydrogen-bond acceptors (Lipinski definition) is 8. The maximum atomic E-state index is 14.0. The molecule has 3 rings (SSSR count). The quantitative estimate of drug-likeness (QED) is 0.245. The molecule has 2 N–H and O–H groups in total. The lowest BCUT2D eigenvalue weighted by Gasteiger charge is -2.36. The number of carbonyl (C=O) groups excluding carboxylic acids is 1. The van der Waals surface area contributed by atoms with Crippen LogP contribution in [-0.4, -0.2) is 50.3 Å². The lowest BCUT2D eigenvalue weighted by Crippen LogP contribution is -2.64. The topological polar surface area (TPSA) is 137 Å². The standard InChI is InChI=1S/C25H33N3O7S/c1-19(2)17-26-25(15-6-9-20-7-4-3-5-8-20,27-24(29)35-22-14-16-34-18-22)36(32,33)23-12-10-21(11-13-23)28(30)31/h3-5,7-8,10-13,19,22,26H,6,9,14-18H2,1-2H3,(H,27,29)/t22-,25?/m0/s1. The molecule has 2 aromatic carbocycles. The van der Waals surface area contributed by atoms with Crippen molar-refractivity contribution in [3.8, 4) is 0 Å². The third kappa shape index (κ3) is 7.02. The average molecular weight is 520 g/mol. The maximum absolute atomic E-state index is 14.0. The number of amides is 1. The largest absolute Gasteiger partial charge is 0.444 e. The fourth-order valence-electron chi connectivity index (χ4n) is 3.95. The molecule has 1 aliphatic rings. The van der Waals surface area contributed by atoms with E-state index in [1.165, 1.54) is 12.1 Å². The van der Waals surface area contributed by atoms with Gasteiger partial charge < -0.3 is 9.47 Å². The zero-order chi connectivity index (χ0) is 26.2. The summed E-state index contributed by atoms with van der Waals surface area (Å²) in [4.78, 5) is 21.4. The second-order valence-corrected chi connectivity index (χ2v) is 11.4. The molecule has 10 nitrogen and oxygen atoms in total. The minimum atomic E-state index is -4.26. The lowest BCUT2D eigenvalue weighted by molar-refractivity contribution is -0.384. The van der Waals surface area contributed by atoms with Crippen molar-refractivity contribution in [2.24, 2.45) is 5.92 Å². The monoisotopic (exact) mass is 519 g/mol. The van der Waals surface area contributed by atoms with Crippen LogP contribution in [0.1, 0.15) is 38.7 Å². The molecular formula is C25H33N3O7S. The Morgan fingerprint density at radius 2 is 1.89 bits per heavy atom. The summed E-state index contributed by atoms with van der Waals surface area (Å²) in [5.74, 6) is 0.0756. The lowest BCUT2D eigenvalue weighted by atomic mass is 10.1. The Morgan fingerprint density at radius 3 is 2.47 bits per heavy atom. The molecule has 2 atom stereocenters. The molecule has 1 fully saturated rings. The number of carbonyl (C=O) groups is 1. The second kappa shape index (κ2) is 12.3. The summed E-state index contributed by atoms with van der Waals surface area (Å²) < 4.78 is 38.8. The average Bonchev–Trinajstić information content (AvgIpc) is 3.35. The molecule has 196 valence electrons. The Bertz CT molecular complexity index is 1120. The number of rotatable bonds is 12. The smallest absolute Gasteiger partial charge is 0.409 e. The highest BCUT2D eigenvalue weighted by atomic mass is 32.2. The number of nitrogens with zero attached hydrogens (tertiary/aromatic N) is 1. The Labute approximate surface area is 211 Å². The van der Waals surface area contributed by atoms with Gasteiger partial charge in [0, 0.05) is 25.1 Å². The number of ether oxygens (including phenoxy) is 2. The summed E-state index contributed by atoms with van der Waals surface area (Å²) in [7, 11) is -4.26. The Balaban J connectivity index is 1.95. The van der Waals surface area contributed by atoms with Crippen molar-refractivity contribution >= 4 is 21.6 Å². The second-order valence-electron chi connectivity index (χ2n) is 9.21. The first-order valence-electron chi connectivity index (χ1n) is 12.0. The number of hydrogen-bond donors (Lipinski definition) is 2. The zero-order valence-corrected chi connectivity index (χ0v) is 21.3. The number of aryl methyl sites for hydroxylation is 1. The van der Waals surface area contributed by atoms with Gasteiger partial charge in [-0.25, -0.2) is 13.2 Å². The van der Waals surface area contributed by atoms with Crippen molar-refractivity contribution in [2.45, 2.75) is 55.5 Å². The van der Waals surface area contributed by atoms with Gasteiger partial charge in [0.15, 0.2) is 0 Å². The molecule has 0 bridgehead atoms. The van der Waals surface area contributed by atoms with E-state index in [-0.39, 0.29) is 29.5 Å². The fraction of sp³-hybridized carbons (Fsp3) is 0.480. The highest BCUT2D eigenvalue weighted by Gasteiger charge is 2.46.